The molecular weight excluding hydrogens is 820 g/mol. The van der Waals surface area contributed by atoms with Crippen molar-refractivity contribution in [3.63, 3.8) is 0 Å². The monoisotopic (exact) mass is 925 g/mol. The van der Waals surface area contributed by atoms with Gasteiger partial charge in [-0.25, -0.2) is 4.57 Å². The zero-order chi connectivity index (χ0) is 46.7. The molecule has 9 heteroatoms. The summed E-state index contributed by atoms with van der Waals surface area (Å²) in [6.07, 6.45) is 62.2. The Morgan fingerprint density at radius 3 is 1.05 bits per heavy atom. The second-order valence-corrected chi connectivity index (χ2v) is 20.1. The predicted molar refractivity (Wildman–Crippen MR) is 272 cm³/mol. The van der Waals surface area contributed by atoms with Crippen LogP contribution in [0.1, 0.15) is 296 Å². The third-order valence-corrected chi connectivity index (χ3v) is 12.9. The highest BCUT2D eigenvalue weighted by atomic mass is 31.2. The van der Waals surface area contributed by atoms with Gasteiger partial charge in [0.1, 0.15) is 6.61 Å². The maximum absolute atomic E-state index is 12.5. The molecule has 0 saturated carbocycles. The summed E-state index contributed by atoms with van der Waals surface area (Å²) in [4.78, 5) is 43.1. The molecule has 0 aromatic heterocycles. The van der Waals surface area contributed by atoms with Crippen molar-refractivity contribution in [3.8, 4) is 0 Å². The molecule has 0 saturated heterocycles. The van der Waals surface area contributed by atoms with Crippen LogP contribution in [0.2, 0.25) is 0 Å². The largest absolute Gasteiger partial charge is 0.469 e. The molecule has 64 heavy (non-hydrogen) atoms. The minimum atomic E-state index is -4.77. The fourth-order valence-electron chi connectivity index (χ4n) is 8.34. The lowest BCUT2D eigenvalue weighted by Crippen LogP contribution is -2.29. The quantitative estimate of drug-likeness (QED) is 0.0268. The molecule has 0 aliphatic heterocycles. The molecule has 1 atom stereocenters. The van der Waals surface area contributed by atoms with E-state index in [9.17, 15) is 14.2 Å². The molecule has 0 amide bonds. The van der Waals surface area contributed by atoms with Gasteiger partial charge in [-0.1, -0.05) is 263 Å². The highest BCUT2D eigenvalue weighted by molar-refractivity contribution is 7.46. The van der Waals surface area contributed by atoms with Crippen molar-refractivity contribution >= 4 is 19.8 Å². The smallest absolute Gasteiger partial charge is 0.462 e. The summed E-state index contributed by atoms with van der Waals surface area (Å²) in [6.45, 7) is 3.72. The second-order valence-electron chi connectivity index (χ2n) is 18.9. The number of allylic oxidation sites excluding steroid dienone is 4. The number of phosphoric acid groups is 1. The Hall–Kier alpha value is -1.47. The number of hydrogen-bond acceptors (Lipinski definition) is 6. The Morgan fingerprint density at radius 1 is 0.391 bits per heavy atom. The van der Waals surface area contributed by atoms with Gasteiger partial charge in [-0.15, -0.1) is 0 Å². The lowest BCUT2D eigenvalue weighted by atomic mass is 10.0. The van der Waals surface area contributed by atoms with Crippen molar-refractivity contribution in [2.45, 2.75) is 302 Å². The lowest BCUT2D eigenvalue weighted by Gasteiger charge is -2.18. The Balaban J connectivity index is 3.79. The van der Waals surface area contributed by atoms with Gasteiger partial charge in [0, 0.05) is 12.8 Å². The van der Waals surface area contributed by atoms with Crippen molar-refractivity contribution < 1.29 is 37.9 Å². The maximum Gasteiger partial charge on any atom is 0.469 e. The number of unbranched alkanes of at least 4 members (excludes halogenated alkanes) is 38. The van der Waals surface area contributed by atoms with Gasteiger partial charge in [0.05, 0.1) is 6.61 Å². The van der Waals surface area contributed by atoms with Crippen molar-refractivity contribution in [2.24, 2.45) is 0 Å². The van der Waals surface area contributed by atoms with Crippen LogP contribution in [-0.4, -0.2) is 41.0 Å². The van der Waals surface area contributed by atoms with Crippen LogP contribution >= 0.6 is 7.82 Å². The summed E-state index contributed by atoms with van der Waals surface area (Å²) in [7, 11) is -4.77. The Bertz CT molecular complexity index is 1090. The van der Waals surface area contributed by atoms with E-state index in [0.29, 0.717) is 12.8 Å². The van der Waals surface area contributed by atoms with Gasteiger partial charge in [-0.3, -0.25) is 14.1 Å². The topological polar surface area (TPSA) is 119 Å². The van der Waals surface area contributed by atoms with Crippen LogP contribution in [0.5, 0.6) is 0 Å². The van der Waals surface area contributed by atoms with Crippen LogP contribution in [0.25, 0.3) is 0 Å². The molecule has 0 rings (SSSR count). The van der Waals surface area contributed by atoms with Crippen LogP contribution in [0.15, 0.2) is 24.3 Å². The average molecular weight is 925 g/mol. The highest BCUT2D eigenvalue weighted by Gasteiger charge is 2.23. The average Bonchev–Trinajstić information content (AvgIpc) is 3.27. The van der Waals surface area contributed by atoms with Crippen LogP contribution in [0.4, 0.5) is 0 Å². The van der Waals surface area contributed by atoms with Crippen molar-refractivity contribution in [2.75, 3.05) is 13.2 Å². The minimum Gasteiger partial charge on any atom is -0.462 e. The first-order valence-corrected chi connectivity index (χ1v) is 29.2. The van der Waals surface area contributed by atoms with Crippen LogP contribution < -0.4 is 0 Å². The van der Waals surface area contributed by atoms with E-state index < -0.39 is 32.5 Å². The lowest BCUT2D eigenvalue weighted by molar-refractivity contribution is -0.161. The van der Waals surface area contributed by atoms with Crippen molar-refractivity contribution in [1.82, 2.24) is 0 Å². The summed E-state index contributed by atoms with van der Waals surface area (Å²) >= 11 is 0. The molecule has 0 bridgehead atoms. The molecular formula is C55H105O8P. The SMILES string of the molecule is CCCCCCCCCCCCCCCC/C=C/CC/C=C/CCCC(=O)OC[C@H](COP(=O)(O)O)OC(=O)CCCCCCCCCCCCCCCCCCCCCCCCC. The summed E-state index contributed by atoms with van der Waals surface area (Å²) in [5.74, 6) is -0.916. The van der Waals surface area contributed by atoms with E-state index in [1.807, 2.05) is 0 Å². The van der Waals surface area contributed by atoms with E-state index in [1.165, 1.54) is 212 Å². The zero-order valence-electron chi connectivity index (χ0n) is 42.2. The first-order valence-electron chi connectivity index (χ1n) is 27.6. The number of ether oxygens (including phenoxy) is 2. The van der Waals surface area contributed by atoms with Gasteiger partial charge >= 0.3 is 19.8 Å². The van der Waals surface area contributed by atoms with E-state index in [4.69, 9.17) is 19.3 Å². The van der Waals surface area contributed by atoms with Crippen molar-refractivity contribution in [3.05, 3.63) is 24.3 Å². The Labute approximate surface area is 396 Å². The molecule has 0 aromatic rings. The van der Waals surface area contributed by atoms with Gasteiger partial charge in [0.2, 0.25) is 0 Å². The van der Waals surface area contributed by atoms with Gasteiger partial charge in [-0.05, 0) is 44.9 Å². The van der Waals surface area contributed by atoms with Crippen LogP contribution in [-0.2, 0) is 28.2 Å². The molecule has 378 valence electrons. The summed E-state index contributed by atoms with van der Waals surface area (Å²) < 4.78 is 26.5. The van der Waals surface area contributed by atoms with Crippen molar-refractivity contribution in [1.29, 1.82) is 0 Å². The van der Waals surface area contributed by atoms with E-state index >= 15 is 0 Å². The number of esters is 2. The summed E-state index contributed by atoms with van der Waals surface area (Å²) in [5.41, 5.74) is 0. The van der Waals surface area contributed by atoms with Gasteiger partial charge in [0.25, 0.3) is 0 Å². The van der Waals surface area contributed by atoms with Crippen LogP contribution in [0, 0.1) is 0 Å². The molecule has 0 radical (unpaired) electrons. The molecule has 0 aliphatic rings. The molecule has 0 unspecified atom stereocenters. The van der Waals surface area contributed by atoms with Gasteiger partial charge < -0.3 is 19.3 Å². The fraction of sp³-hybridized carbons (Fsp3) is 0.891. The summed E-state index contributed by atoms with van der Waals surface area (Å²) in [6, 6.07) is 0. The zero-order valence-corrected chi connectivity index (χ0v) is 43.1. The molecule has 0 aromatic carbocycles. The maximum atomic E-state index is 12.5. The van der Waals surface area contributed by atoms with Gasteiger partial charge in [-0.2, -0.15) is 0 Å². The number of carbonyl (C=O) groups excluding carboxylic acids is 2. The predicted octanol–water partition coefficient (Wildman–Crippen LogP) is 17.9. The molecule has 0 spiro atoms. The third kappa shape index (κ3) is 53.1. The normalized spacial score (nSPS) is 12.5. The fourth-order valence-corrected chi connectivity index (χ4v) is 8.70. The highest BCUT2D eigenvalue weighted by Crippen LogP contribution is 2.36. The van der Waals surface area contributed by atoms with Crippen LogP contribution in [0.3, 0.4) is 0 Å². The second kappa shape index (κ2) is 50.9. The first-order chi connectivity index (χ1) is 31.3. The molecule has 0 heterocycles. The molecule has 8 nitrogen and oxygen atoms in total. The van der Waals surface area contributed by atoms with E-state index in [-0.39, 0.29) is 19.4 Å². The van der Waals surface area contributed by atoms with E-state index in [0.717, 1.165) is 44.9 Å². The van der Waals surface area contributed by atoms with E-state index in [2.05, 4.69) is 42.7 Å². The molecule has 0 aliphatic carbocycles. The molecule has 0 fully saturated rings. The number of carbonyl (C=O) groups is 2. The molecule has 2 N–H and O–H groups in total. The van der Waals surface area contributed by atoms with E-state index in [1.54, 1.807) is 0 Å². The standard InChI is InChI=1S/C55H105O8P/c1-3-5-7-9-11-13-15-17-19-21-23-25-27-29-31-33-35-37-39-41-43-45-47-49-54(56)61-51-53(52-62-64(58,59)60)63-55(57)50-48-46-44-42-40-38-36-34-32-30-28-26-24-22-20-18-16-14-12-10-8-6-4-2/h33,35,41,43,53H,3-32,34,36-40,42,44-52H2,1-2H3,(H2,58,59,60)/b35-33+,43-41+/t53-/m1/s1. The number of hydrogen-bond donors (Lipinski definition) is 2. The first kappa shape index (κ1) is 62.5. The number of rotatable bonds is 52. The summed E-state index contributed by atoms with van der Waals surface area (Å²) in [5, 5.41) is 0. The number of phosphoric ester groups is 1. The van der Waals surface area contributed by atoms with Gasteiger partial charge in [0.15, 0.2) is 6.10 Å². The Morgan fingerprint density at radius 2 is 0.688 bits per heavy atom. The third-order valence-electron chi connectivity index (χ3n) is 12.5. The minimum absolute atomic E-state index is 0.210. The Kier molecular flexibility index (Phi) is 49.8.